The molecule has 0 unspecified atom stereocenters. The van der Waals surface area contributed by atoms with Gasteiger partial charge in [-0.15, -0.1) is 0 Å². The number of carbonyl (C=O) groups excluding carboxylic acids is 4. The number of fused-ring (bicyclic) bond motifs is 9. The number of ether oxygens (including phenoxy) is 3. The van der Waals surface area contributed by atoms with Crippen molar-refractivity contribution in [3.8, 4) is 0 Å². The Labute approximate surface area is 218 Å². The van der Waals surface area contributed by atoms with Gasteiger partial charge in [0.15, 0.2) is 22.6 Å². The quantitative estimate of drug-likeness (QED) is 0.299. The lowest BCUT2D eigenvalue weighted by Gasteiger charge is -2.60. The minimum atomic E-state index is -2.71. The molecule has 0 amide bonds. The Morgan fingerprint density at radius 2 is 1.82 bits per heavy atom. The van der Waals surface area contributed by atoms with E-state index in [2.05, 4.69) is 6.58 Å². The summed E-state index contributed by atoms with van der Waals surface area (Å²) in [5.74, 6) is -9.17. The molecule has 0 aromatic heterocycles. The summed E-state index contributed by atoms with van der Waals surface area (Å²) in [4.78, 5) is 54.4. The van der Waals surface area contributed by atoms with Crippen molar-refractivity contribution >= 4 is 23.5 Å². The maximum atomic E-state index is 14.6. The Morgan fingerprint density at radius 3 is 2.53 bits per heavy atom. The average Bonchev–Trinajstić information content (AvgIpc) is 3.19. The highest BCUT2D eigenvalue weighted by molar-refractivity contribution is 6.01. The molecule has 10 nitrogen and oxygen atoms in total. The number of hydrogen-bond acceptors (Lipinski definition) is 10. The zero-order chi connectivity index (χ0) is 27.4. The summed E-state index contributed by atoms with van der Waals surface area (Å²) in [6.07, 6.45) is 2.35. The van der Waals surface area contributed by atoms with Crippen molar-refractivity contribution < 1.29 is 48.7 Å². The van der Waals surface area contributed by atoms with Gasteiger partial charge in [-0.05, 0) is 44.6 Å². The van der Waals surface area contributed by atoms with E-state index >= 15 is 0 Å². The molecule has 1 spiro atoms. The molecule has 0 aromatic carbocycles. The zero-order valence-electron chi connectivity index (χ0n) is 21.4. The first-order valence-electron chi connectivity index (χ1n) is 13.1. The molecule has 4 aliphatic heterocycles. The maximum absolute atomic E-state index is 14.6. The minimum Gasteiger partial charge on any atom is -0.455 e. The number of allylic oxidation sites excluding steroid dienone is 3. The van der Waals surface area contributed by atoms with E-state index in [0.717, 1.165) is 0 Å². The number of ketones is 2. The summed E-state index contributed by atoms with van der Waals surface area (Å²) in [5, 5.41) is 36.0. The topological polar surface area (TPSA) is 157 Å². The van der Waals surface area contributed by atoms with Gasteiger partial charge in [0, 0.05) is 17.4 Å². The molecule has 0 aromatic rings. The molecule has 3 aliphatic carbocycles. The van der Waals surface area contributed by atoms with Crippen molar-refractivity contribution in [2.75, 3.05) is 0 Å². The average molecular weight is 527 g/mol. The Kier molecular flexibility index (Phi) is 4.20. The summed E-state index contributed by atoms with van der Waals surface area (Å²) in [6.45, 7) is 8.65. The summed E-state index contributed by atoms with van der Waals surface area (Å²) >= 11 is 0. The lowest BCUT2D eigenvalue weighted by molar-refractivity contribution is -0.344. The first-order valence-corrected chi connectivity index (χ1v) is 13.1. The summed E-state index contributed by atoms with van der Waals surface area (Å²) in [5.41, 5.74) is -8.43. The van der Waals surface area contributed by atoms with E-state index < -0.39 is 81.1 Å². The lowest BCUT2D eigenvalue weighted by atomic mass is 9.47. The van der Waals surface area contributed by atoms with Crippen LogP contribution >= 0.6 is 0 Å². The van der Waals surface area contributed by atoms with Crippen LogP contribution in [0.25, 0.3) is 0 Å². The van der Waals surface area contributed by atoms with Crippen LogP contribution in [0.5, 0.6) is 0 Å². The van der Waals surface area contributed by atoms with E-state index in [9.17, 15) is 34.5 Å². The second kappa shape index (κ2) is 6.55. The van der Waals surface area contributed by atoms with E-state index in [1.165, 1.54) is 13.0 Å². The van der Waals surface area contributed by atoms with Gasteiger partial charge in [0.2, 0.25) is 5.79 Å². The highest BCUT2D eigenvalue weighted by Gasteiger charge is 2.92. The van der Waals surface area contributed by atoms with Crippen LogP contribution in [0.2, 0.25) is 0 Å². The first-order chi connectivity index (χ1) is 17.6. The van der Waals surface area contributed by atoms with Crippen molar-refractivity contribution in [1.82, 2.24) is 0 Å². The fourth-order valence-electron chi connectivity index (χ4n) is 9.23. The molecule has 202 valence electrons. The van der Waals surface area contributed by atoms with Crippen molar-refractivity contribution in [3.63, 3.8) is 0 Å². The fraction of sp³-hybridized carbons (Fsp3) is 0.643. The standard InChI is InChI=1S/C28H30O10/c1-12-21(32)36-17-11-23(12,2)19-20(31)27(35)18-14(24(3)13(10-15(18)29)6-5-7-16(24)30)8-9-26(34)22(33)37-25(17,4)28(19,26)38-27/h5-6,10,14-15,17-19,29,34-35H,1,7-9,11H2,2-4H3/t14-,15+,17+,18-,19-,23+,24-,25-,26+,27+,28+/m0/s1. The molecule has 11 atom stereocenters. The van der Waals surface area contributed by atoms with Gasteiger partial charge in [0.05, 0.1) is 23.4 Å². The molecule has 4 saturated heterocycles. The van der Waals surface area contributed by atoms with Crippen LogP contribution in [0.3, 0.4) is 0 Å². The second-order valence-electron chi connectivity index (χ2n) is 12.7. The van der Waals surface area contributed by atoms with Gasteiger partial charge in [-0.3, -0.25) is 9.59 Å². The van der Waals surface area contributed by atoms with Crippen molar-refractivity contribution in [3.05, 3.63) is 36.0 Å². The minimum absolute atomic E-state index is 0.00631. The number of aliphatic hydroxyl groups is 3. The molecule has 7 aliphatic rings. The van der Waals surface area contributed by atoms with Crippen LogP contribution < -0.4 is 0 Å². The molecule has 4 bridgehead atoms. The third-order valence-corrected chi connectivity index (χ3v) is 11.3. The Balaban J connectivity index is 1.53. The summed E-state index contributed by atoms with van der Waals surface area (Å²) in [7, 11) is 0. The van der Waals surface area contributed by atoms with Crippen LogP contribution in [-0.4, -0.2) is 73.6 Å². The Morgan fingerprint density at radius 1 is 1.11 bits per heavy atom. The highest BCUT2D eigenvalue weighted by Crippen LogP contribution is 2.73. The van der Waals surface area contributed by atoms with Crippen molar-refractivity contribution in [2.24, 2.45) is 28.6 Å². The molecule has 1 saturated carbocycles. The van der Waals surface area contributed by atoms with Crippen LogP contribution in [0.4, 0.5) is 0 Å². The largest absolute Gasteiger partial charge is 0.455 e. The van der Waals surface area contributed by atoms with Gasteiger partial charge in [0.25, 0.3) is 0 Å². The maximum Gasteiger partial charge on any atom is 0.342 e. The van der Waals surface area contributed by atoms with E-state index in [-0.39, 0.29) is 37.0 Å². The summed E-state index contributed by atoms with van der Waals surface area (Å²) < 4.78 is 17.8. The number of rotatable bonds is 0. The van der Waals surface area contributed by atoms with E-state index in [0.29, 0.717) is 5.57 Å². The molecule has 38 heavy (non-hydrogen) atoms. The fourth-order valence-corrected chi connectivity index (χ4v) is 9.23. The smallest absolute Gasteiger partial charge is 0.342 e. The van der Waals surface area contributed by atoms with Gasteiger partial charge in [-0.1, -0.05) is 31.7 Å². The number of hydrogen-bond donors (Lipinski definition) is 3. The zero-order valence-corrected chi connectivity index (χ0v) is 21.4. The van der Waals surface area contributed by atoms with Gasteiger partial charge in [-0.25, -0.2) is 9.59 Å². The number of carbonyl (C=O) groups is 4. The first kappa shape index (κ1) is 24.4. The van der Waals surface area contributed by atoms with Gasteiger partial charge >= 0.3 is 11.9 Å². The Hall–Kier alpha value is -2.66. The van der Waals surface area contributed by atoms with Crippen molar-refractivity contribution in [2.45, 2.75) is 81.3 Å². The molecule has 5 fully saturated rings. The van der Waals surface area contributed by atoms with E-state index in [1.54, 1.807) is 26.0 Å². The van der Waals surface area contributed by atoms with Gasteiger partial charge < -0.3 is 29.5 Å². The molecule has 4 heterocycles. The Bertz CT molecular complexity index is 1350. The predicted molar refractivity (Wildman–Crippen MR) is 126 cm³/mol. The second-order valence-corrected chi connectivity index (χ2v) is 12.7. The normalized spacial score (nSPS) is 56.2. The third kappa shape index (κ3) is 2.15. The molecule has 0 radical (unpaired) electrons. The monoisotopic (exact) mass is 526 g/mol. The van der Waals surface area contributed by atoms with Crippen LogP contribution in [0.1, 0.15) is 46.5 Å². The van der Waals surface area contributed by atoms with Crippen LogP contribution in [-0.2, 0) is 33.4 Å². The molecular formula is C28H30O10. The SMILES string of the molecule is C=C1C(=O)O[C@@H]2C[C@@]1(C)[C@@H]1C(=O)[C@]3(O)O[C@]14[C@@](O)(CC[C@H]1[C@H]3[C@H](O)C=C3C=CCC(=O)[C@@]31C)C(=O)O[C@@]24C. The van der Waals surface area contributed by atoms with Crippen LogP contribution in [0.15, 0.2) is 36.0 Å². The lowest BCUT2D eigenvalue weighted by Crippen LogP contribution is -2.77. The number of esters is 2. The number of Topliss-reactive ketones (excluding diaryl/α,β-unsaturated/α-hetero) is 2. The molecule has 10 heteroatoms. The highest BCUT2D eigenvalue weighted by atomic mass is 16.7. The van der Waals surface area contributed by atoms with Gasteiger partial charge in [-0.2, -0.15) is 0 Å². The van der Waals surface area contributed by atoms with E-state index in [1.807, 2.05) is 0 Å². The van der Waals surface area contributed by atoms with E-state index in [4.69, 9.17) is 14.2 Å². The van der Waals surface area contributed by atoms with Crippen LogP contribution in [0, 0.1) is 28.6 Å². The third-order valence-electron chi connectivity index (χ3n) is 11.3. The molecule has 7 rings (SSSR count). The molecule has 3 N–H and O–H groups in total. The molecular weight excluding hydrogens is 496 g/mol. The summed E-state index contributed by atoms with van der Waals surface area (Å²) in [6, 6.07) is 0. The van der Waals surface area contributed by atoms with Gasteiger partial charge in [0.1, 0.15) is 11.9 Å². The predicted octanol–water partition coefficient (Wildman–Crippen LogP) is 0.430. The number of aliphatic hydroxyl groups excluding tert-OH is 1. The van der Waals surface area contributed by atoms with Crippen molar-refractivity contribution in [1.29, 1.82) is 0 Å².